The second kappa shape index (κ2) is 5.61. The molecule has 13 heavy (non-hydrogen) atoms. The number of likely N-dealkylation sites (N-methyl/N-ethyl adjacent to an activating group) is 1. The maximum atomic E-state index is 5.98. The molecule has 0 aromatic rings. The summed E-state index contributed by atoms with van der Waals surface area (Å²) in [7, 11) is 2.20. The lowest BCUT2D eigenvalue weighted by Crippen LogP contribution is -2.38. The lowest BCUT2D eigenvalue weighted by molar-refractivity contribution is 0.196. The Bertz CT molecular complexity index is 132. The number of hydrogen-bond donors (Lipinski definition) is 1. The molecule has 2 N–H and O–H groups in total. The highest BCUT2D eigenvalue weighted by atomic mass is 15.1. The van der Waals surface area contributed by atoms with Crippen LogP contribution in [0.5, 0.6) is 0 Å². The van der Waals surface area contributed by atoms with Gasteiger partial charge in [-0.3, -0.25) is 0 Å². The minimum absolute atomic E-state index is 0.384. The molecule has 0 heterocycles. The first-order valence-electron chi connectivity index (χ1n) is 5.66. The molecule has 0 aromatic carbocycles. The average molecular weight is 184 g/mol. The molecule has 1 saturated carbocycles. The van der Waals surface area contributed by atoms with Gasteiger partial charge in [0.05, 0.1) is 0 Å². The van der Waals surface area contributed by atoms with Crippen molar-refractivity contribution in [3.63, 3.8) is 0 Å². The maximum absolute atomic E-state index is 5.98. The predicted molar refractivity (Wildman–Crippen MR) is 57.7 cm³/mol. The van der Waals surface area contributed by atoms with Gasteiger partial charge in [-0.25, -0.2) is 0 Å². The van der Waals surface area contributed by atoms with Crippen LogP contribution >= 0.6 is 0 Å². The van der Waals surface area contributed by atoms with Crippen LogP contribution < -0.4 is 5.73 Å². The molecule has 0 aliphatic heterocycles. The third-order valence-electron chi connectivity index (χ3n) is 3.00. The Hall–Kier alpha value is -0.0800. The van der Waals surface area contributed by atoms with Crippen LogP contribution in [0.3, 0.4) is 0 Å². The first-order valence-corrected chi connectivity index (χ1v) is 5.66. The van der Waals surface area contributed by atoms with E-state index in [9.17, 15) is 0 Å². The lowest BCUT2D eigenvalue weighted by Gasteiger charge is -2.31. The Labute approximate surface area is 82.5 Å². The molecule has 2 nitrogen and oxygen atoms in total. The molecule has 1 unspecified atom stereocenters. The van der Waals surface area contributed by atoms with E-state index in [1.807, 2.05) is 0 Å². The molecule has 0 aromatic heterocycles. The van der Waals surface area contributed by atoms with Crippen molar-refractivity contribution in [1.29, 1.82) is 0 Å². The van der Waals surface area contributed by atoms with E-state index in [-0.39, 0.29) is 0 Å². The topological polar surface area (TPSA) is 29.3 Å². The number of nitrogens with zero attached hydrogens (tertiary/aromatic N) is 1. The van der Waals surface area contributed by atoms with Gasteiger partial charge >= 0.3 is 0 Å². The Balaban J connectivity index is 2.04. The second-order valence-electron chi connectivity index (χ2n) is 4.57. The van der Waals surface area contributed by atoms with Gasteiger partial charge in [0.15, 0.2) is 0 Å². The van der Waals surface area contributed by atoms with Crippen molar-refractivity contribution < 1.29 is 0 Å². The largest absolute Gasteiger partial charge is 0.327 e. The number of hydrogen-bond acceptors (Lipinski definition) is 2. The minimum atomic E-state index is 0.384. The highest BCUT2D eigenvalue weighted by molar-refractivity contribution is 4.74. The van der Waals surface area contributed by atoms with Gasteiger partial charge in [0.1, 0.15) is 0 Å². The van der Waals surface area contributed by atoms with Crippen LogP contribution in [0.25, 0.3) is 0 Å². The van der Waals surface area contributed by atoms with E-state index in [2.05, 4.69) is 18.9 Å². The van der Waals surface area contributed by atoms with Gasteiger partial charge in [0, 0.05) is 19.1 Å². The molecule has 0 amide bonds. The molecule has 0 radical (unpaired) electrons. The van der Waals surface area contributed by atoms with Gasteiger partial charge in [-0.1, -0.05) is 19.8 Å². The first-order chi connectivity index (χ1) is 6.22. The first kappa shape index (κ1) is 11.0. The Morgan fingerprint density at radius 3 is 2.62 bits per heavy atom. The van der Waals surface area contributed by atoms with Gasteiger partial charge in [-0.2, -0.15) is 0 Å². The number of rotatable bonds is 6. The van der Waals surface area contributed by atoms with Crippen molar-refractivity contribution in [2.24, 2.45) is 11.7 Å². The standard InChI is InChI=1S/C11H24N2/c1-3-5-11(12)9-13(2)8-10-6-4-7-10/h10-11H,3-9,12H2,1-2H3. The fourth-order valence-corrected chi connectivity index (χ4v) is 2.05. The molecule has 0 saturated heterocycles. The Kier molecular flexibility index (Phi) is 4.74. The molecular weight excluding hydrogens is 160 g/mol. The highest BCUT2D eigenvalue weighted by Crippen LogP contribution is 2.26. The van der Waals surface area contributed by atoms with Crippen LogP contribution in [0.2, 0.25) is 0 Å². The molecule has 0 spiro atoms. The van der Waals surface area contributed by atoms with Crippen LogP contribution in [0, 0.1) is 5.92 Å². The lowest BCUT2D eigenvalue weighted by atomic mass is 9.85. The summed E-state index contributed by atoms with van der Waals surface area (Å²) in [5, 5.41) is 0. The van der Waals surface area contributed by atoms with E-state index in [0.717, 1.165) is 18.9 Å². The van der Waals surface area contributed by atoms with E-state index in [1.165, 1.54) is 32.2 Å². The predicted octanol–water partition coefficient (Wildman–Crippen LogP) is 1.85. The monoisotopic (exact) mass is 184 g/mol. The van der Waals surface area contributed by atoms with Crippen molar-refractivity contribution in [2.75, 3.05) is 20.1 Å². The van der Waals surface area contributed by atoms with Crippen LogP contribution in [0.1, 0.15) is 39.0 Å². The zero-order valence-electron chi connectivity index (χ0n) is 9.13. The molecule has 1 atom stereocenters. The fraction of sp³-hybridized carbons (Fsp3) is 1.00. The maximum Gasteiger partial charge on any atom is 0.0167 e. The molecule has 1 aliphatic rings. The van der Waals surface area contributed by atoms with Gasteiger partial charge < -0.3 is 10.6 Å². The van der Waals surface area contributed by atoms with E-state index < -0.39 is 0 Å². The summed E-state index contributed by atoms with van der Waals surface area (Å²) in [6.45, 7) is 4.54. The van der Waals surface area contributed by atoms with E-state index in [0.29, 0.717) is 6.04 Å². The summed E-state index contributed by atoms with van der Waals surface area (Å²) in [6.07, 6.45) is 6.69. The zero-order chi connectivity index (χ0) is 9.68. The van der Waals surface area contributed by atoms with Gasteiger partial charge in [0.25, 0.3) is 0 Å². The van der Waals surface area contributed by atoms with E-state index in [1.54, 1.807) is 0 Å². The summed E-state index contributed by atoms with van der Waals surface area (Å²) in [5.74, 6) is 0.971. The molecule has 1 aliphatic carbocycles. The van der Waals surface area contributed by atoms with Crippen molar-refractivity contribution in [2.45, 2.75) is 45.1 Å². The smallest absolute Gasteiger partial charge is 0.0167 e. The fourth-order valence-electron chi connectivity index (χ4n) is 2.05. The van der Waals surface area contributed by atoms with Crippen LogP contribution in [-0.4, -0.2) is 31.1 Å². The summed E-state index contributed by atoms with van der Waals surface area (Å²) in [5.41, 5.74) is 5.98. The molecular formula is C11H24N2. The third kappa shape index (κ3) is 4.10. The quantitative estimate of drug-likeness (QED) is 0.682. The van der Waals surface area contributed by atoms with Crippen molar-refractivity contribution >= 4 is 0 Å². The van der Waals surface area contributed by atoms with Crippen LogP contribution in [0.15, 0.2) is 0 Å². The number of nitrogens with two attached hydrogens (primary N) is 1. The van der Waals surface area contributed by atoms with Crippen LogP contribution in [0.4, 0.5) is 0 Å². The second-order valence-corrected chi connectivity index (χ2v) is 4.57. The van der Waals surface area contributed by atoms with Crippen molar-refractivity contribution in [1.82, 2.24) is 4.90 Å². The SMILES string of the molecule is CCCC(N)CN(C)CC1CCC1. The average Bonchev–Trinajstić information content (AvgIpc) is 1.97. The molecule has 2 heteroatoms. The summed E-state index contributed by atoms with van der Waals surface area (Å²) < 4.78 is 0. The summed E-state index contributed by atoms with van der Waals surface area (Å²) in [4.78, 5) is 2.41. The molecule has 78 valence electrons. The van der Waals surface area contributed by atoms with Crippen LogP contribution in [-0.2, 0) is 0 Å². The minimum Gasteiger partial charge on any atom is -0.327 e. The van der Waals surface area contributed by atoms with Gasteiger partial charge in [-0.05, 0) is 32.2 Å². The molecule has 1 fully saturated rings. The molecule has 1 rings (SSSR count). The third-order valence-corrected chi connectivity index (χ3v) is 3.00. The highest BCUT2D eigenvalue weighted by Gasteiger charge is 2.19. The van der Waals surface area contributed by atoms with Gasteiger partial charge in [-0.15, -0.1) is 0 Å². The summed E-state index contributed by atoms with van der Waals surface area (Å²) >= 11 is 0. The molecule has 0 bridgehead atoms. The summed E-state index contributed by atoms with van der Waals surface area (Å²) in [6, 6.07) is 0.384. The zero-order valence-corrected chi connectivity index (χ0v) is 9.13. The van der Waals surface area contributed by atoms with E-state index >= 15 is 0 Å². The van der Waals surface area contributed by atoms with Crippen molar-refractivity contribution in [3.05, 3.63) is 0 Å². The Morgan fingerprint density at radius 2 is 2.15 bits per heavy atom. The normalized spacial score (nSPS) is 20.3. The van der Waals surface area contributed by atoms with Gasteiger partial charge in [0.2, 0.25) is 0 Å². The van der Waals surface area contributed by atoms with Crippen molar-refractivity contribution in [3.8, 4) is 0 Å². The Morgan fingerprint density at radius 1 is 1.46 bits per heavy atom. The van der Waals surface area contributed by atoms with E-state index in [4.69, 9.17) is 5.73 Å².